The van der Waals surface area contributed by atoms with Gasteiger partial charge in [-0.1, -0.05) is 0 Å². The van der Waals surface area contributed by atoms with Crippen LogP contribution in [0.4, 0.5) is 5.69 Å². The van der Waals surface area contributed by atoms with Gasteiger partial charge in [0.15, 0.2) is 0 Å². The van der Waals surface area contributed by atoms with Crippen LogP contribution >= 0.6 is 0 Å². The first-order valence-electron chi connectivity index (χ1n) is 5.30. The van der Waals surface area contributed by atoms with E-state index >= 15 is 0 Å². The molecule has 3 N–H and O–H groups in total. The van der Waals surface area contributed by atoms with E-state index in [1.54, 1.807) is 18.2 Å². The van der Waals surface area contributed by atoms with E-state index < -0.39 is 0 Å². The summed E-state index contributed by atoms with van der Waals surface area (Å²) in [7, 11) is 1.53. The van der Waals surface area contributed by atoms with Crippen molar-refractivity contribution < 1.29 is 9.53 Å². The molecule has 1 aromatic carbocycles. The predicted octanol–water partition coefficient (Wildman–Crippen LogP) is 1.56. The van der Waals surface area contributed by atoms with Gasteiger partial charge in [-0.3, -0.25) is 4.79 Å². The number of hydrogen-bond acceptors (Lipinski definition) is 3. The molecule has 4 nitrogen and oxygen atoms in total. The lowest BCUT2D eigenvalue weighted by atomic mass is 10.1. The molecule has 0 unspecified atom stereocenters. The van der Waals surface area contributed by atoms with E-state index in [0.29, 0.717) is 17.0 Å². The lowest BCUT2D eigenvalue weighted by Crippen LogP contribution is -2.34. The average molecular weight is 220 g/mol. The lowest BCUT2D eigenvalue weighted by molar-refractivity contribution is 0.0932. The fourth-order valence-corrected chi connectivity index (χ4v) is 1.55. The Kier molecular flexibility index (Phi) is 2.50. The van der Waals surface area contributed by atoms with Crippen LogP contribution in [-0.2, 0) is 0 Å². The molecule has 0 atom stereocenters. The van der Waals surface area contributed by atoms with Gasteiger partial charge in [0.1, 0.15) is 5.75 Å². The van der Waals surface area contributed by atoms with Gasteiger partial charge in [0.2, 0.25) is 0 Å². The lowest BCUT2D eigenvalue weighted by Gasteiger charge is -2.13. The molecule has 0 radical (unpaired) electrons. The molecule has 0 aliphatic heterocycles. The maximum absolute atomic E-state index is 12.0. The van der Waals surface area contributed by atoms with Gasteiger partial charge in [-0.2, -0.15) is 0 Å². The summed E-state index contributed by atoms with van der Waals surface area (Å²) in [5.41, 5.74) is 6.73. The van der Waals surface area contributed by atoms with Crippen molar-refractivity contribution in [3.05, 3.63) is 23.8 Å². The summed E-state index contributed by atoms with van der Waals surface area (Å²) in [6, 6.07) is 5.05. The predicted molar refractivity (Wildman–Crippen MR) is 62.5 cm³/mol. The molecule has 1 fully saturated rings. The van der Waals surface area contributed by atoms with Crippen LogP contribution in [0.25, 0.3) is 0 Å². The molecule has 1 amide bonds. The Morgan fingerprint density at radius 1 is 1.50 bits per heavy atom. The third kappa shape index (κ3) is 2.10. The largest absolute Gasteiger partial charge is 0.496 e. The summed E-state index contributed by atoms with van der Waals surface area (Å²) in [5, 5.41) is 2.98. The van der Waals surface area contributed by atoms with E-state index in [4.69, 9.17) is 10.5 Å². The van der Waals surface area contributed by atoms with Crippen molar-refractivity contribution in [3.63, 3.8) is 0 Å². The van der Waals surface area contributed by atoms with Crippen molar-refractivity contribution in [2.24, 2.45) is 0 Å². The highest BCUT2D eigenvalue weighted by atomic mass is 16.5. The van der Waals surface area contributed by atoms with E-state index in [-0.39, 0.29) is 11.4 Å². The Morgan fingerprint density at radius 3 is 2.75 bits per heavy atom. The number of hydrogen-bond donors (Lipinski definition) is 2. The molecule has 4 heteroatoms. The van der Waals surface area contributed by atoms with E-state index in [9.17, 15) is 4.79 Å². The van der Waals surface area contributed by atoms with Crippen LogP contribution < -0.4 is 15.8 Å². The van der Waals surface area contributed by atoms with E-state index in [2.05, 4.69) is 5.32 Å². The third-order valence-corrected chi connectivity index (χ3v) is 2.89. The number of nitrogens with one attached hydrogen (secondary N) is 1. The molecule has 0 aromatic heterocycles. The number of ether oxygens (including phenoxy) is 1. The van der Waals surface area contributed by atoms with Crippen LogP contribution in [0, 0.1) is 0 Å². The number of carbonyl (C=O) groups is 1. The molecule has 1 aromatic rings. The SMILES string of the molecule is COc1cc(N)ccc1C(=O)NC1(C)CC1. The van der Waals surface area contributed by atoms with Crippen molar-refractivity contribution >= 4 is 11.6 Å². The van der Waals surface area contributed by atoms with Crippen LogP contribution in [0.3, 0.4) is 0 Å². The minimum atomic E-state index is -0.100. The maximum atomic E-state index is 12.0. The molecule has 1 saturated carbocycles. The first-order chi connectivity index (χ1) is 7.54. The Bertz CT molecular complexity index is 425. The molecular formula is C12H16N2O2. The van der Waals surface area contributed by atoms with Crippen LogP contribution in [-0.4, -0.2) is 18.6 Å². The second-order valence-electron chi connectivity index (χ2n) is 4.47. The van der Waals surface area contributed by atoms with Crippen molar-refractivity contribution in [1.82, 2.24) is 5.32 Å². The van der Waals surface area contributed by atoms with Gasteiger partial charge in [-0.15, -0.1) is 0 Å². The van der Waals surface area contributed by atoms with Crippen molar-refractivity contribution in [1.29, 1.82) is 0 Å². The van der Waals surface area contributed by atoms with E-state index in [1.165, 1.54) is 7.11 Å². The Hall–Kier alpha value is -1.71. The number of benzene rings is 1. The van der Waals surface area contributed by atoms with Gasteiger partial charge in [0.05, 0.1) is 12.7 Å². The fraction of sp³-hybridized carbons (Fsp3) is 0.417. The number of nitrogens with two attached hydrogens (primary N) is 1. The molecule has 0 spiro atoms. The maximum Gasteiger partial charge on any atom is 0.255 e. The summed E-state index contributed by atoms with van der Waals surface area (Å²) in [6.45, 7) is 2.04. The Morgan fingerprint density at radius 2 is 2.19 bits per heavy atom. The summed E-state index contributed by atoms with van der Waals surface area (Å²) in [4.78, 5) is 12.0. The highest BCUT2D eigenvalue weighted by Crippen LogP contribution is 2.35. The normalized spacial score (nSPS) is 16.6. The molecule has 86 valence electrons. The topological polar surface area (TPSA) is 64.3 Å². The standard InChI is InChI=1S/C12H16N2O2/c1-12(5-6-12)14-11(15)9-4-3-8(13)7-10(9)16-2/h3-4,7H,5-6,13H2,1-2H3,(H,14,15). The van der Waals surface area contributed by atoms with Crippen LogP contribution in [0.15, 0.2) is 18.2 Å². The number of rotatable bonds is 3. The van der Waals surface area contributed by atoms with Crippen molar-refractivity contribution in [2.75, 3.05) is 12.8 Å². The Balaban J connectivity index is 2.21. The van der Waals surface area contributed by atoms with Crippen LogP contribution in [0.2, 0.25) is 0 Å². The van der Waals surface area contributed by atoms with Crippen molar-refractivity contribution in [2.45, 2.75) is 25.3 Å². The van der Waals surface area contributed by atoms with E-state index in [1.807, 2.05) is 6.92 Å². The number of nitrogen functional groups attached to an aromatic ring is 1. The van der Waals surface area contributed by atoms with Crippen molar-refractivity contribution in [3.8, 4) is 5.75 Å². The number of anilines is 1. The highest BCUT2D eigenvalue weighted by Gasteiger charge is 2.39. The summed E-state index contributed by atoms with van der Waals surface area (Å²) >= 11 is 0. The second-order valence-corrected chi connectivity index (χ2v) is 4.47. The first kappa shape index (κ1) is 10.8. The highest BCUT2D eigenvalue weighted by molar-refractivity contribution is 5.98. The molecular weight excluding hydrogens is 204 g/mol. The molecule has 2 rings (SSSR count). The third-order valence-electron chi connectivity index (χ3n) is 2.89. The minimum Gasteiger partial charge on any atom is -0.496 e. The zero-order chi connectivity index (χ0) is 11.8. The quantitative estimate of drug-likeness (QED) is 0.760. The molecule has 0 bridgehead atoms. The molecule has 1 aliphatic carbocycles. The summed E-state index contributed by atoms with van der Waals surface area (Å²) in [5.74, 6) is 0.415. The second kappa shape index (κ2) is 3.70. The number of carbonyl (C=O) groups excluding carboxylic acids is 1. The molecule has 0 saturated heterocycles. The zero-order valence-electron chi connectivity index (χ0n) is 9.54. The smallest absolute Gasteiger partial charge is 0.255 e. The monoisotopic (exact) mass is 220 g/mol. The Labute approximate surface area is 94.8 Å². The molecule has 1 aliphatic rings. The fourth-order valence-electron chi connectivity index (χ4n) is 1.55. The molecule has 16 heavy (non-hydrogen) atoms. The first-order valence-corrected chi connectivity index (χ1v) is 5.30. The van der Waals surface area contributed by atoms with Crippen LogP contribution in [0.1, 0.15) is 30.1 Å². The van der Waals surface area contributed by atoms with Gasteiger partial charge in [0.25, 0.3) is 5.91 Å². The van der Waals surface area contributed by atoms with Gasteiger partial charge in [-0.05, 0) is 31.9 Å². The number of methoxy groups -OCH3 is 1. The van der Waals surface area contributed by atoms with Gasteiger partial charge in [-0.25, -0.2) is 0 Å². The average Bonchev–Trinajstić information content (AvgIpc) is 2.95. The van der Waals surface area contributed by atoms with Gasteiger partial charge < -0.3 is 15.8 Å². The number of amides is 1. The summed E-state index contributed by atoms with van der Waals surface area (Å²) < 4.78 is 5.14. The van der Waals surface area contributed by atoms with Crippen LogP contribution in [0.5, 0.6) is 5.75 Å². The van der Waals surface area contributed by atoms with E-state index in [0.717, 1.165) is 12.8 Å². The zero-order valence-corrected chi connectivity index (χ0v) is 9.54. The van der Waals surface area contributed by atoms with Gasteiger partial charge >= 0.3 is 0 Å². The molecule has 0 heterocycles. The summed E-state index contributed by atoms with van der Waals surface area (Å²) in [6.07, 6.45) is 2.08. The van der Waals surface area contributed by atoms with Gasteiger partial charge in [0, 0.05) is 17.3 Å². The minimum absolute atomic E-state index is 0.0243.